The number of piperidine rings is 1. The first-order valence-corrected chi connectivity index (χ1v) is 8.30. The number of hydrogen-bond donors (Lipinski definition) is 0. The van der Waals surface area contributed by atoms with E-state index in [9.17, 15) is 22.0 Å². The van der Waals surface area contributed by atoms with E-state index in [1.54, 1.807) is 0 Å². The van der Waals surface area contributed by atoms with Crippen molar-refractivity contribution in [2.45, 2.75) is 43.9 Å². The fourth-order valence-corrected chi connectivity index (χ4v) is 3.92. The van der Waals surface area contributed by atoms with Gasteiger partial charge >= 0.3 is 0 Å². The number of thiocarbonyl (C=S) groups is 1. The summed E-state index contributed by atoms with van der Waals surface area (Å²) in [5.41, 5.74) is 0. The van der Waals surface area contributed by atoms with E-state index in [0.29, 0.717) is 18.0 Å². The van der Waals surface area contributed by atoms with Crippen LogP contribution in [0.5, 0.6) is 5.75 Å². The molecular weight excluding hydrogens is 363 g/mol. The van der Waals surface area contributed by atoms with E-state index in [2.05, 4.69) is 4.90 Å². The van der Waals surface area contributed by atoms with Gasteiger partial charge in [0.2, 0.25) is 29.1 Å². The first-order chi connectivity index (χ1) is 11.7. The van der Waals surface area contributed by atoms with Gasteiger partial charge in [0, 0.05) is 39.0 Å². The summed E-state index contributed by atoms with van der Waals surface area (Å²) in [4.78, 5) is 3.89. The zero-order valence-corrected chi connectivity index (χ0v) is 14.5. The van der Waals surface area contributed by atoms with E-state index in [-0.39, 0.29) is 12.1 Å². The molecule has 2 saturated heterocycles. The van der Waals surface area contributed by atoms with Crippen molar-refractivity contribution < 1.29 is 26.7 Å². The molecule has 2 fully saturated rings. The van der Waals surface area contributed by atoms with E-state index < -0.39 is 40.9 Å². The molecule has 0 amide bonds. The third-order valence-corrected chi connectivity index (χ3v) is 5.32. The van der Waals surface area contributed by atoms with Crippen LogP contribution in [0.15, 0.2) is 0 Å². The zero-order valence-electron chi connectivity index (χ0n) is 13.7. The largest absolute Gasteiger partial charge is 0.484 e. The van der Waals surface area contributed by atoms with Crippen LogP contribution in [0.25, 0.3) is 0 Å². The summed E-state index contributed by atoms with van der Waals surface area (Å²) < 4.78 is 72.5. The lowest BCUT2D eigenvalue weighted by Gasteiger charge is -2.42. The van der Waals surface area contributed by atoms with Crippen LogP contribution in [-0.4, -0.2) is 47.2 Å². The Morgan fingerprint density at radius 2 is 1.36 bits per heavy atom. The fourth-order valence-electron chi connectivity index (χ4n) is 3.62. The minimum atomic E-state index is -2.19. The van der Waals surface area contributed by atoms with Crippen LogP contribution in [0.2, 0.25) is 0 Å². The highest BCUT2D eigenvalue weighted by molar-refractivity contribution is 7.80. The molecule has 25 heavy (non-hydrogen) atoms. The average Bonchev–Trinajstić information content (AvgIpc) is 2.84. The van der Waals surface area contributed by atoms with Gasteiger partial charge in [0.1, 0.15) is 6.10 Å². The molecule has 0 aromatic heterocycles. The van der Waals surface area contributed by atoms with Gasteiger partial charge < -0.3 is 14.5 Å². The summed E-state index contributed by atoms with van der Waals surface area (Å²) in [6.07, 6.45) is 1.87. The summed E-state index contributed by atoms with van der Waals surface area (Å²) >= 11 is 5.40. The normalized spacial score (nSPS) is 25.2. The van der Waals surface area contributed by atoms with Crippen LogP contribution in [0.3, 0.4) is 0 Å². The predicted octanol–water partition coefficient (Wildman–Crippen LogP) is 3.60. The third-order valence-electron chi connectivity index (χ3n) is 4.75. The van der Waals surface area contributed by atoms with Gasteiger partial charge in [0.15, 0.2) is 10.9 Å². The SMILES string of the molecule is CN(C)C(=S)N1C2CCC1CC(Oc1c(F)c(F)c(F)c(F)c1F)C2. The molecule has 0 aliphatic carbocycles. The number of ether oxygens (including phenoxy) is 1. The summed E-state index contributed by atoms with van der Waals surface area (Å²) in [6, 6.07) is 0.0554. The summed E-state index contributed by atoms with van der Waals surface area (Å²) in [6.45, 7) is 0. The molecular formula is C16H17F5N2OS. The molecule has 0 spiro atoms. The lowest BCUT2D eigenvalue weighted by atomic mass is 10.00. The van der Waals surface area contributed by atoms with Gasteiger partial charge in [0.25, 0.3) is 0 Å². The number of nitrogens with zero attached hydrogens (tertiary/aromatic N) is 2. The first kappa shape index (κ1) is 18.2. The van der Waals surface area contributed by atoms with Crippen molar-refractivity contribution >= 4 is 17.3 Å². The summed E-state index contributed by atoms with van der Waals surface area (Å²) in [5.74, 6) is -11.3. The average molecular weight is 380 g/mol. The molecule has 138 valence electrons. The highest BCUT2D eigenvalue weighted by atomic mass is 32.1. The van der Waals surface area contributed by atoms with Crippen molar-refractivity contribution in [2.24, 2.45) is 0 Å². The Balaban J connectivity index is 1.81. The maximum absolute atomic E-state index is 13.8. The molecule has 1 aromatic rings. The minimum Gasteiger partial charge on any atom is -0.484 e. The van der Waals surface area contributed by atoms with Crippen LogP contribution < -0.4 is 4.74 Å². The molecule has 0 N–H and O–H groups in total. The number of rotatable bonds is 2. The summed E-state index contributed by atoms with van der Waals surface area (Å²) in [7, 11) is 3.67. The highest BCUT2D eigenvalue weighted by Crippen LogP contribution is 2.39. The quantitative estimate of drug-likeness (QED) is 0.337. The van der Waals surface area contributed by atoms with Crippen molar-refractivity contribution in [1.82, 2.24) is 9.80 Å². The van der Waals surface area contributed by atoms with E-state index in [0.717, 1.165) is 12.8 Å². The maximum atomic E-state index is 13.8. The Bertz CT molecular complexity index is 671. The van der Waals surface area contributed by atoms with Crippen LogP contribution >= 0.6 is 12.2 Å². The number of halogens is 5. The van der Waals surface area contributed by atoms with Gasteiger partial charge in [-0.3, -0.25) is 0 Å². The molecule has 2 aliphatic heterocycles. The third kappa shape index (κ3) is 3.02. The lowest BCUT2D eigenvalue weighted by Crippen LogP contribution is -2.52. The number of fused-ring (bicyclic) bond motifs is 2. The Morgan fingerprint density at radius 3 is 1.80 bits per heavy atom. The molecule has 2 aliphatic rings. The standard InChI is InChI=1S/C16H17F5N2OS/c1-22(2)16(25)23-7-3-4-8(23)6-9(5-7)24-15-13(20)11(18)10(17)12(19)14(15)21/h7-9H,3-6H2,1-2H3. The molecule has 3 rings (SSSR count). The zero-order chi connectivity index (χ0) is 18.5. The van der Waals surface area contributed by atoms with Crippen LogP contribution in [0, 0.1) is 29.1 Å². The minimum absolute atomic E-state index is 0.0277. The van der Waals surface area contributed by atoms with Crippen LogP contribution in [0.1, 0.15) is 25.7 Å². The van der Waals surface area contributed by atoms with Crippen molar-refractivity contribution in [3.8, 4) is 5.75 Å². The highest BCUT2D eigenvalue weighted by Gasteiger charge is 2.44. The van der Waals surface area contributed by atoms with Crippen LogP contribution in [0.4, 0.5) is 22.0 Å². The second-order valence-corrected chi connectivity index (χ2v) is 6.94. The molecule has 2 heterocycles. The topological polar surface area (TPSA) is 15.7 Å². The molecule has 2 atom stereocenters. The maximum Gasteiger partial charge on any atom is 0.207 e. The summed E-state index contributed by atoms with van der Waals surface area (Å²) in [5, 5.41) is 0.669. The molecule has 1 aromatic carbocycles. The van der Waals surface area contributed by atoms with E-state index >= 15 is 0 Å². The van der Waals surface area contributed by atoms with Gasteiger partial charge in [0.05, 0.1) is 0 Å². The Labute approximate surface area is 147 Å². The molecule has 3 nitrogen and oxygen atoms in total. The van der Waals surface area contributed by atoms with Gasteiger partial charge in [-0.05, 0) is 25.1 Å². The van der Waals surface area contributed by atoms with E-state index in [1.807, 2.05) is 19.0 Å². The van der Waals surface area contributed by atoms with Crippen molar-refractivity contribution in [3.05, 3.63) is 29.1 Å². The van der Waals surface area contributed by atoms with Gasteiger partial charge in [-0.15, -0.1) is 0 Å². The number of hydrogen-bond acceptors (Lipinski definition) is 2. The Kier molecular flexibility index (Phi) is 4.78. The van der Waals surface area contributed by atoms with Crippen molar-refractivity contribution in [1.29, 1.82) is 0 Å². The van der Waals surface area contributed by atoms with E-state index in [4.69, 9.17) is 17.0 Å². The van der Waals surface area contributed by atoms with Gasteiger partial charge in [-0.1, -0.05) is 0 Å². The molecule has 2 bridgehead atoms. The van der Waals surface area contributed by atoms with Gasteiger partial charge in [-0.25, -0.2) is 13.2 Å². The molecule has 0 saturated carbocycles. The lowest BCUT2D eigenvalue weighted by molar-refractivity contribution is 0.0769. The van der Waals surface area contributed by atoms with Crippen molar-refractivity contribution in [3.63, 3.8) is 0 Å². The molecule has 9 heteroatoms. The second kappa shape index (κ2) is 6.59. The van der Waals surface area contributed by atoms with E-state index in [1.165, 1.54) is 0 Å². The number of benzene rings is 1. The predicted molar refractivity (Wildman–Crippen MR) is 84.8 cm³/mol. The Hall–Kier alpha value is -1.64. The van der Waals surface area contributed by atoms with Crippen molar-refractivity contribution in [2.75, 3.05) is 14.1 Å². The van der Waals surface area contributed by atoms with Crippen LogP contribution in [-0.2, 0) is 0 Å². The smallest absolute Gasteiger partial charge is 0.207 e. The fraction of sp³-hybridized carbons (Fsp3) is 0.562. The second-order valence-electron chi connectivity index (χ2n) is 6.58. The Morgan fingerprint density at radius 1 is 0.920 bits per heavy atom. The monoisotopic (exact) mass is 380 g/mol. The van der Waals surface area contributed by atoms with Gasteiger partial charge in [-0.2, -0.15) is 8.78 Å². The molecule has 0 radical (unpaired) electrons. The molecule has 2 unspecified atom stereocenters. The first-order valence-electron chi connectivity index (χ1n) is 7.90.